The van der Waals surface area contributed by atoms with Gasteiger partial charge in [0.15, 0.2) is 0 Å². The molecule has 0 spiro atoms. The van der Waals surface area contributed by atoms with Gasteiger partial charge in [0.2, 0.25) is 0 Å². The lowest BCUT2D eigenvalue weighted by Crippen LogP contribution is -2.41. The lowest BCUT2D eigenvalue weighted by molar-refractivity contribution is -0.120. The summed E-state index contributed by atoms with van der Waals surface area (Å²) in [7, 11) is 1.47. The molecule has 1 aliphatic rings. The third-order valence-electron chi connectivity index (χ3n) is 2.68. The average Bonchev–Trinajstić information content (AvgIpc) is 2.74. The number of benzene rings is 1. The van der Waals surface area contributed by atoms with Crippen molar-refractivity contribution in [3.8, 4) is 5.75 Å². The van der Waals surface area contributed by atoms with E-state index in [-0.39, 0.29) is 12.5 Å². The van der Waals surface area contributed by atoms with E-state index < -0.39 is 18.0 Å². The summed E-state index contributed by atoms with van der Waals surface area (Å²) in [5.41, 5.74) is 0.370. The summed E-state index contributed by atoms with van der Waals surface area (Å²) in [6.45, 7) is 0.0223. The van der Waals surface area contributed by atoms with Gasteiger partial charge in [-0.25, -0.2) is 4.79 Å². The monoisotopic (exact) mass is 263 g/mol. The Morgan fingerprint density at radius 2 is 2.11 bits per heavy atom. The van der Waals surface area contributed by atoms with Crippen molar-refractivity contribution in [3.05, 3.63) is 29.8 Å². The minimum absolute atomic E-state index is 0.0223. The van der Waals surface area contributed by atoms with Crippen molar-refractivity contribution in [1.29, 1.82) is 0 Å². The molecule has 2 rings (SSSR count). The number of rotatable bonds is 4. The topological polar surface area (TPSA) is 96.5 Å². The summed E-state index contributed by atoms with van der Waals surface area (Å²) < 4.78 is 5.07. The minimum Gasteiger partial charge on any atom is -0.496 e. The van der Waals surface area contributed by atoms with Crippen molar-refractivity contribution >= 4 is 17.8 Å². The molecule has 1 saturated heterocycles. The highest BCUT2D eigenvalue weighted by molar-refractivity contribution is 6.04. The van der Waals surface area contributed by atoms with Gasteiger partial charge in [-0.15, -0.1) is 0 Å². The number of hydrogen-bond donors (Lipinski definition) is 3. The fourth-order valence-corrected chi connectivity index (χ4v) is 1.72. The number of imide groups is 1. The van der Waals surface area contributed by atoms with E-state index in [9.17, 15) is 14.4 Å². The Labute approximate surface area is 109 Å². The summed E-state index contributed by atoms with van der Waals surface area (Å²) in [6, 6.07) is 5.44. The number of methoxy groups -OCH3 is 1. The van der Waals surface area contributed by atoms with E-state index in [1.807, 2.05) is 0 Å². The van der Waals surface area contributed by atoms with E-state index in [1.54, 1.807) is 24.3 Å². The van der Waals surface area contributed by atoms with Gasteiger partial charge in [0.05, 0.1) is 12.7 Å². The molecule has 19 heavy (non-hydrogen) atoms. The van der Waals surface area contributed by atoms with Crippen molar-refractivity contribution in [2.24, 2.45) is 0 Å². The molecule has 1 aromatic carbocycles. The average molecular weight is 263 g/mol. The molecule has 1 fully saturated rings. The molecule has 3 N–H and O–H groups in total. The molecule has 0 radical (unpaired) electrons. The van der Waals surface area contributed by atoms with Crippen LogP contribution in [0.4, 0.5) is 4.79 Å². The highest BCUT2D eigenvalue weighted by Crippen LogP contribution is 2.16. The van der Waals surface area contributed by atoms with E-state index in [0.717, 1.165) is 0 Å². The van der Waals surface area contributed by atoms with Gasteiger partial charge in [0, 0.05) is 6.54 Å². The number of para-hydroxylation sites is 1. The molecular weight excluding hydrogens is 250 g/mol. The van der Waals surface area contributed by atoms with Crippen LogP contribution in [0, 0.1) is 0 Å². The molecule has 0 saturated carbocycles. The number of urea groups is 1. The van der Waals surface area contributed by atoms with Crippen LogP contribution in [0.2, 0.25) is 0 Å². The van der Waals surface area contributed by atoms with Gasteiger partial charge in [0.1, 0.15) is 11.8 Å². The Morgan fingerprint density at radius 1 is 1.37 bits per heavy atom. The predicted molar refractivity (Wildman–Crippen MR) is 65.8 cm³/mol. The number of carbonyl (C=O) groups is 3. The minimum atomic E-state index is -0.744. The van der Waals surface area contributed by atoms with Crippen molar-refractivity contribution < 1.29 is 19.1 Å². The van der Waals surface area contributed by atoms with Crippen LogP contribution >= 0.6 is 0 Å². The Bertz CT molecular complexity index is 529. The molecule has 4 amide bonds. The van der Waals surface area contributed by atoms with Gasteiger partial charge >= 0.3 is 6.03 Å². The first-order valence-electron chi connectivity index (χ1n) is 5.64. The Hall–Kier alpha value is -2.57. The Balaban J connectivity index is 1.98. The maximum absolute atomic E-state index is 11.9. The molecule has 0 bridgehead atoms. The maximum atomic E-state index is 11.9. The molecule has 7 heteroatoms. The number of nitrogens with one attached hydrogen (secondary N) is 3. The van der Waals surface area contributed by atoms with Gasteiger partial charge < -0.3 is 15.4 Å². The van der Waals surface area contributed by atoms with Gasteiger partial charge in [-0.1, -0.05) is 12.1 Å². The van der Waals surface area contributed by atoms with Crippen LogP contribution in [-0.4, -0.2) is 37.5 Å². The second-order valence-electron chi connectivity index (χ2n) is 3.93. The number of carbonyl (C=O) groups excluding carboxylic acids is 3. The third-order valence-corrected chi connectivity index (χ3v) is 2.68. The van der Waals surface area contributed by atoms with Gasteiger partial charge in [-0.05, 0) is 12.1 Å². The molecule has 1 atom stereocenters. The molecule has 100 valence electrons. The number of hydrogen-bond acceptors (Lipinski definition) is 4. The van der Waals surface area contributed by atoms with Crippen LogP contribution < -0.4 is 20.7 Å². The second-order valence-corrected chi connectivity index (χ2v) is 3.93. The van der Waals surface area contributed by atoms with Crippen molar-refractivity contribution in [1.82, 2.24) is 16.0 Å². The predicted octanol–water partition coefficient (Wildman–Crippen LogP) is -0.367. The molecule has 1 aromatic rings. The molecular formula is C12H13N3O4. The Morgan fingerprint density at radius 3 is 2.74 bits per heavy atom. The summed E-state index contributed by atoms with van der Waals surface area (Å²) in [5.74, 6) is -0.378. The van der Waals surface area contributed by atoms with Gasteiger partial charge in [0.25, 0.3) is 11.8 Å². The summed E-state index contributed by atoms with van der Waals surface area (Å²) in [4.78, 5) is 34.1. The van der Waals surface area contributed by atoms with Crippen LogP contribution in [-0.2, 0) is 4.79 Å². The van der Waals surface area contributed by atoms with E-state index in [2.05, 4.69) is 16.0 Å². The molecule has 1 aliphatic heterocycles. The summed E-state index contributed by atoms with van der Waals surface area (Å²) >= 11 is 0. The van der Waals surface area contributed by atoms with E-state index >= 15 is 0 Å². The highest BCUT2D eigenvalue weighted by Gasteiger charge is 2.29. The number of amides is 4. The smallest absolute Gasteiger partial charge is 0.322 e. The van der Waals surface area contributed by atoms with Crippen LogP contribution in [0.1, 0.15) is 10.4 Å². The van der Waals surface area contributed by atoms with Crippen LogP contribution in [0.15, 0.2) is 24.3 Å². The van der Waals surface area contributed by atoms with Crippen molar-refractivity contribution in [2.45, 2.75) is 6.04 Å². The first kappa shape index (κ1) is 12.9. The summed E-state index contributed by atoms with van der Waals surface area (Å²) in [6.07, 6.45) is 0. The second kappa shape index (κ2) is 5.38. The lowest BCUT2D eigenvalue weighted by Gasteiger charge is -2.11. The SMILES string of the molecule is COc1ccccc1C(=O)NCC1NC(=O)NC1=O. The number of ether oxygens (including phenoxy) is 1. The van der Waals surface area contributed by atoms with Crippen LogP contribution in [0.25, 0.3) is 0 Å². The quantitative estimate of drug-likeness (QED) is 0.646. The first-order chi connectivity index (χ1) is 9.11. The first-order valence-corrected chi connectivity index (χ1v) is 5.64. The van der Waals surface area contributed by atoms with Crippen molar-refractivity contribution in [2.75, 3.05) is 13.7 Å². The van der Waals surface area contributed by atoms with Crippen molar-refractivity contribution in [3.63, 3.8) is 0 Å². The molecule has 0 aromatic heterocycles. The lowest BCUT2D eigenvalue weighted by atomic mass is 10.2. The normalized spacial score (nSPS) is 17.6. The fraction of sp³-hybridized carbons (Fsp3) is 0.250. The fourth-order valence-electron chi connectivity index (χ4n) is 1.72. The van der Waals surface area contributed by atoms with E-state index in [0.29, 0.717) is 11.3 Å². The van der Waals surface area contributed by atoms with Crippen LogP contribution in [0.3, 0.4) is 0 Å². The Kier molecular flexibility index (Phi) is 3.65. The zero-order valence-electron chi connectivity index (χ0n) is 10.2. The molecule has 1 unspecified atom stereocenters. The zero-order valence-corrected chi connectivity index (χ0v) is 10.2. The molecule has 7 nitrogen and oxygen atoms in total. The third kappa shape index (κ3) is 2.82. The van der Waals surface area contributed by atoms with E-state index in [1.165, 1.54) is 7.11 Å². The van der Waals surface area contributed by atoms with Gasteiger partial charge in [-0.3, -0.25) is 14.9 Å². The molecule has 0 aliphatic carbocycles. The van der Waals surface area contributed by atoms with Crippen LogP contribution in [0.5, 0.6) is 5.75 Å². The summed E-state index contributed by atoms with van der Waals surface area (Å²) in [5, 5.41) is 7.05. The van der Waals surface area contributed by atoms with E-state index in [4.69, 9.17) is 4.74 Å². The molecule has 1 heterocycles. The maximum Gasteiger partial charge on any atom is 0.322 e. The largest absolute Gasteiger partial charge is 0.496 e. The highest BCUT2D eigenvalue weighted by atomic mass is 16.5. The zero-order chi connectivity index (χ0) is 13.8. The standard InChI is InChI=1S/C12H13N3O4/c1-19-9-5-3-2-4-7(9)10(16)13-6-8-11(17)15-12(18)14-8/h2-5,8H,6H2,1H3,(H,13,16)(H2,14,15,17,18). The van der Waals surface area contributed by atoms with Gasteiger partial charge in [-0.2, -0.15) is 0 Å².